The highest BCUT2D eigenvalue weighted by atomic mass is 16.6. The van der Waals surface area contributed by atoms with Gasteiger partial charge in [-0.15, -0.1) is 0 Å². The van der Waals surface area contributed by atoms with E-state index in [9.17, 15) is 4.79 Å². The predicted molar refractivity (Wildman–Crippen MR) is 65.3 cm³/mol. The molecule has 88 valence electrons. The van der Waals surface area contributed by atoms with Crippen molar-refractivity contribution in [2.45, 2.75) is 46.1 Å². The van der Waals surface area contributed by atoms with Gasteiger partial charge in [-0.1, -0.05) is 29.8 Å². The van der Waals surface area contributed by atoms with Gasteiger partial charge in [-0.25, -0.2) is 0 Å². The summed E-state index contributed by atoms with van der Waals surface area (Å²) in [6, 6.07) is 8.23. The van der Waals surface area contributed by atoms with Crippen LogP contribution in [-0.4, -0.2) is 11.6 Å². The molecule has 0 aliphatic rings. The molecule has 0 bridgehead atoms. The zero-order valence-corrected chi connectivity index (χ0v) is 10.5. The highest BCUT2D eigenvalue weighted by Crippen LogP contribution is 2.11. The maximum absolute atomic E-state index is 11.5. The lowest BCUT2D eigenvalue weighted by atomic mass is 10.1. The van der Waals surface area contributed by atoms with Crippen LogP contribution >= 0.6 is 0 Å². The van der Waals surface area contributed by atoms with Crippen LogP contribution in [-0.2, 0) is 16.0 Å². The zero-order valence-electron chi connectivity index (χ0n) is 10.5. The molecule has 1 aromatic rings. The van der Waals surface area contributed by atoms with Crippen LogP contribution < -0.4 is 0 Å². The highest BCUT2D eigenvalue weighted by Gasteiger charge is 2.15. The normalized spacial score (nSPS) is 11.2. The van der Waals surface area contributed by atoms with Gasteiger partial charge in [0.15, 0.2) is 0 Å². The van der Waals surface area contributed by atoms with Gasteiger partial charge >= 0.3 is 5.97 Å². The van der Waals surface area contributed by atoms with Crippen molar-refractivity contribution in [3.05, 3.63) is 35.4 Å². The molecule has 0 aliphatic carbocycles. The van der Waals surface area contributed by atoms with E-state index in [0.29, 0.717) is 6.42 Å². The van der Waals surface area contributed by atoms with Crippen LogP contribution in [0.3, 0.4) is 0 Å². The molecule has 0 fully saturated rings. The summed E-state index contributed by atoms with van der Waals surface area (Å²) in [6.45, 7) is 7.71. The summed E-state index contributed by atoms with van der Waals surface area (Å²) >= 11 is 0. The molecule has 0 amide bonds. The summed E-state index contributed by atoms with van der Waals surface area (Å²) in [5.41, 5.74) is 2.03. The number of esters is 1. The molecular weight excluding hydrogens is 200 g/mol. The molecule has 2 heteroatoms. The summed E-state index contributed by atoms with van der Waals surface area (Å²) in [6.07, 6.45) is 1.19. The van der Waals surface area contributed by atoms with Crippen LogP contribution in [0.25, 0.3) is 0 Å². The Balaban J connectivity index is 2.40. The van der Waals surface area contributed by atoms with Crippen LogP contribution in [0.4, 0.5) is 0 Å². The third-order valence-corrected chi connectivity index (χ3v) is 2.16. The van der Waals surface area contributed by atoms with Crippen molar-refractivity contribution in [1.29, 1.82) is 0 Å². The van der Waals surface area contributed by atoms with Crippen LogP contribution in [0.5, 0.6) is 0 Å². The van der Waals surface area contributed by atoms with Crippen molar-refractivity contribution in [1.82, 2.24) is 0 Å². The van der Waals surface area contributed by atoms with E-state index in [-0.39, 0.29) is 11.6 Å². The molecule has 0 atom stereocenters. The maximum Gasteiger partial charge on any atom is 0.306 e. The molecule has 2 nitrogen and oxygen atoms in total. The topological polar surface area (TPSA) is 26.3 Å². The number of aryl methyl sites for hydroxylation is 2. The Morgan fingerprint density at radius 3 is 2.25 bits per heavy atom. The quantitative estimate of drug-likeness (QED) is 0.731. The first-order valence-corrected chi connectivity index (χ1v) is 5.64. The van der Waals surface area contributed by atoms with E-state index in [1.54, 1.807) is 0 Å². The predicted octanol–water partition coefficient (Wildman–Crippen LogP) is 3.27. The maximum atomic E-state index is 11.5. The minimum absolute atomic E-state index is 0.131. The molecule has 0 saturated carbocycles. The average Bonchev–Trinajstić information content (AvgIpc) is 2.14. The lowest BCUT2D eigenvalue weighted by Crippen LogP contribution is -2.23. The van der Waals surface area contributed by atoms with Crippen molar-refractivity contribution in [3.8, 4) is 0 Å². The summed E-state index contributed by atoms with van der Waals surface area (Å²) in [5, 5.41) is 0. The smallest absolute Gasteiger partial charge is 0.306 e. The Hall–Kier alpha value is -1.31. The number of carbonyl (C=O) groups is 1. The molecule has 1 aromatic carbocycles. The monoisotopic (exact) mass is 220 g/mol. The van der Waals surface area contributed by atoms with E-state index >= 15 is 0 Å². The first kappa shape index (κ1) is 12.8. The van der Waals surface area contributed by atoms with E-state index in [1.807, 2.05) is 20.8 Å². The molecule has 0 radical (unpaired) electrons. The Bertz CT molecular complexity index is 344. The first-order valence-electron chi connectivity index (χ1n) is 5.64. The summed E-state index contributed by atoms with van der Waals surface area (Å²) in [5.74, 6) is -0.131. The molecular formula is C14H20O2. The Kier molecular flexibility index (Phi) is 4.11. The van der Waals surface area contributed by atoms with Gasteiger partial charge in [0.1, 0.15) is 5.60 Å². The number of carbonyl (C=O) groups excluding carboxylic acids is 1. The molecule has 0 spiro atoms. The number of hydrogen-bond donors (Lipinski definition) is 0. The Labute approximate surface area is 97.6 Å². The van der Waals surface area contributed by atoms with E-state index in [2.05, 4.69) is 31.2 Å². The number of hydrogen-bond acceptors (Lipinski definition) is 2. The van der Waals surface area contributed by atoms with E-state index in [1.165, 1.54) is 11.1 Å². The fourth-order valence-corrected chi connectivity index (χ4v) is 1.39. The van der Waals surface area contributed by atoms with Gasteiger partial charge in [0.05, 0.1) is 0 Å². The van der Waals surface area contributed by atoms with E-state index < -0.39 is 0 Å². The van der Waals surface area contributed by atoms with Gasteiger partial charge in [-0.05, 0) is 39.7 Å². The molecule has 16 heavy (non-hydrogen) atoms. The van der Waals surface area contributed by atoms with Gasteiger partial charge in [0, 0.05) is 6.42 Å². The summed E-state index contributed by atoms with van der Waals surface area (Å²) in [7, 11) is 0. The number of rotatable bonds is 3. The summed E-state index contributed by atoms with van der Waals surface area (Å²) < 4.78 is 5.24. The third kappa shape index (κ3) is 4.96. The van der Waals surface area contributed by atoms with E-state index in [0.717, 1.165) is 6.42 Å². The van der Waals surface area contributed by atoms with Crippen LogP contribution in [0.15, 0.2) is 24.3 Å². The number of benzene rings is 1. The second kappa shape index (κ2) is 5.15. The van der Waals surface area contributed by atoms with Gasteiger partial charge < -0.3 is 4.74 Å². The molecule has 0 aliphatic heterocycles. The van der Waals surface area contributed by atoms with Crippen LogP contribution in [0, 0.1) is 6.92 Å². The first-order chi connectivity index (χ1) is 7.37. The second-order valence-electron chi connectivity index (χ2n) is 5.07. The van der Waals surface area contributed by atoms with Gasteiger partial charge in [-0.2, -0.15) is 0 Å². The van der Waals surface area contributed by atoms with Gasteiger partial charge in [0.2, 0.25) is 0 Å². The lowest BCUT2D eigenvalue weighted by Gasteiger charge is -2.19. The average molecular weight is 220 g/mol. The SMILES string of the molecule is Cc1ccc(CCC(=O)OC(C)(C)C)cc1. The highest BCUT2D eigenvalue weighted by molar-refractivity contribution is 5.70. The van der Waals surface area contributed by atoms with Crippen molar-refractivity contribution in [2.75, 3.05) is 0 Å². The third-order valence-electron chi connectivity index (χ3n) is 2.16. The second-order valence-corrected chi connectivity index (χ2v) is 5.07. The van der Waals surface area contributed by atoms with Gasteiger partial charge in [-0.3, -0.25) is 4.79 Å². The molecule has 1 rings (SSSR count). The van der Waals surface area contributed by atoms with Crippen molar-refractivity contribution < 1.29 is 9.53 Å². The van der Waals surface area contributed by atoms with E-state index in [4.69, 9.17) is 4.74 Å². The molecule has 0 N–H and O–H groups in total. The molecule has 0 saturated heterocycles. The van der Waals surface area contributed by atoms with Crippen LogP contribution in [0.1, 0.15) is 38.3 Å². The minimum Gasteiger partial charge on any atom is -0.460 e. The fourth-order valence-electron chi connectivity index (χ4n) is 1.39. The Morgan fingerprint density at radius 1 is 1.19 bits per heavy atom. The fraction of sp³-hybridized carbons (Fsp3) is 0.500. The summed E-state index contributed by atoms with van der Waals surface area (Å²) in [4.78, 5) is 11.5. The van der Waals surface area contributed by atoms with Crippen molar-refractivity contribution in [3.63, 3.8) is 0 Å². The molecule has 0 heterocycles. The van der Waals surface area contributed by atoms with Crippen molar-refractivity contribution in [2.24, 2.45) is 0 Å². The standard InChI is InChI=1S/C14H20O2/c1-11-5-7-12(8-6-11)9-10-13(15)16-14(2,3)4/h5-8H,9-10H2,1-4H3. The lowest BCUT2D eigenvalue weighted by molar-refractivity contribution is -0.154. The van der Waals surface area contributed by atoms with Crippen LogP contribution in [0.2, 0.25) is 0 Å². The van der Waals surface area contributed by atoms with Gasteiger partial charge in [0.25, 0.3) is 0 Å². The minimum atomic E-state index is -0.385. The molecule has 0 unspecified atom stereocenters. The Morgan fingerprint density at radius 2 is 1.75 bits per heavy atom. The largest absolute Gasteiger partial charge is 0.460 e. The number of ether oxygens (including phenoxy) is 1. The van der Waals surface area contributed by atoms with Crippen molar-refractivity contribution >= 4 is 5.97 Å². The molecule has 0 aromatic heterocycles. The zero-order chi connectivity index (χ0) is 12.2.